The summed E-state index contributed by atoms with van der Waals surface area (Å²) < 4.78 is 46.4. The van der Waals surface area contributed by atoms with Crippen molar-refractivity contribution in [3.05, 3.63) is 78.9 Å². The lowest BCUT2D eigenvalue weighted by Gasteiger charge is -2.13. The van der Waals surface area contributed by atoms with E-state index in [1.54, 1.807) is 30.5 Å². The van der Waals surface area contributed by atoms with Crippen LogP contribution < -0.4 is 0 Å². The second-order valence-corrected chi connectivity index (χ2v) is 7.21. The molecule has 0 amide bonds. The van der Waals surface area contributed by atoms with Crippen LogP contribution in [0, 0.1) is 0 Å². The Kier molecular flexibility index (Phi) is 5.44. The zero-order chi connectivity index (χ0) is 20.3. The second kappa shape index (κ2) is 8.16. The third kappa shape index (κ3) is 4.71. The molecule has 4 rings (SSSR count). The quantitative estimate of drug-likeness (QED) is 0.359. The summed E-state index contributed by atoms with van der Waals surface area (Å²) >= 11 is 1.16. The van der Waals surface area contributed by atoms with E-state index >= 15 is 0 Å². The Balaban J connectivity index is 1.56. The molecule has 0 radical (unpaired) electrons. The van der Waals surface area contributed by atoms with E-state index in [2.05, 4.69) is 9.97 Å². The van der Waals surface area contributed by atoms with E-state index in [1.165, 1.54) is 10.8 Å². The fourth-order valence-electron chi connectivity index (χ4n) is 2.88. The van der Waals surface area contributed by atoms with E-state index in [9.17, 15) is 13.2 Å². The first-order valence-electron chi connectivity index (χ1n) is 8.80. The summed E-state index contributed by atoms with van der Waals surface area (Å²) in [4.78, 5) is 8.44. The van der Waals surface area contributed by atoms with Crippen molar-refractivity contribution in [2.45, 2.75) is 23.6 Å². The van der Waals surface area contributed by atoms with Crippen LogP contribution in [0.4, 0.5) is 13.2 Å². The molecule has 0 aliphatic rings. The van der Waals surface area contributed by atoms with E-state index in [-0.39, 0.29) is 10.9 Å². The maximum atomic E-state index is 13.2. The topological polar surface area (TPSA) is 43.9 Å². The van der Waals surface area contributed by atoms with Crippen molar-refractivity contribution in [1.82, 2.24) is 14.5 Å². The van der Waals surface area contributed by atoms with Gasteiger partial charge in [0.1, 0.15) is 6.54 Å². The lowest BCUT2D eigenvalue weighted by molar-refractivity contribution is -0.141. The Labute approximate surface area is 169 Å². The zero-order valence-electron chi connectivity index (χ0n) is 15.1. The molecular formula is C21H16F3N3OS. The Bertz CT molecular complexity index is 1080. The molecule has 0 spiro atoms. The highest BCUT2D eigenvalue weighted by Gasteiger charge is 2.31. The number of alkyl halides is 3. The maximum absolute atomic E-state index is 13.2. The van der Waals surface area contributed by atoms with Crippen molar-refractivity contribution in [1.29, 1.82) is 0 Å². The van der Waals surface area contributed by atoms with E-state index in [4.69, 9.17) is 4.42 Å². The first-order valence-corrected chi connectivity index (χ1v) is 9.79. The molecule has 4 nitrogen and oxygen atoms in total. The van der Waals surface area contributed by atoms with E-state index in [1.807, 2.05) is 36.4 Å². The van der Waals surface area contributed by atoms with Crippen LogP contribution in [0.1, 0.15) is 5.89 Å². The molecular weight excluding hydrogens is 399 g/mol. The predicted octanol–water partition coefficient (Wildman–Crippen LogP) is 6.06. The number of hydrogen-bond acceptors (Lipinski definition) is 4. The normalized spacial score (nSPS) is 11.7. The summed E-state index contributed by atoms with van der Waals surface area (Å²) in [5.41, 5.74) is 1.99. The summed E-state index contributed by atoms with van der Waals surface area (Å²) in [5, 5.41) is 0.264. The van der Waals surface area contributed by atoms with Crippen molar-refractivity contribution in [3.8, 4) is 22.6 Å². The number of rotatable bonds is 6. The van der Waals surface area contributed by atoms with Gasteiger partial charge in [0, 0.05) is 5.56 Å². The van der Waals surface area contributed by atoms with Crippen LogP contribution in [0.25, 0.3) is 22.6 Å². The molecule has 0 bridgehead atoms. The van der Waals surface area contributed by atoms with Gasteiger partial charge < -0.3 is 8.98 Å². The molecule has 4 aromatic rings. The number of benzene rings is 2. The fraction of sp³-hybridized carbons (Fsp3) is 0.143. The summed E-state index contributed by atoms with van der Waals surface area (Å²) in [5.74, 6) is 1.32. The average Bonchev–Trinajstić information content (AvgIpc) is 3.34. The van der Waals surface area contributed by atoms with E-state index in [0.29, 0.717) is 22.9 Å². The van der Waals surface area contributed by atoms with Crippen LogP contribution in [0.15, 0.2) is 82.6 Å². The van der Waals surface area contributed by atoms with Gasteiger partial charge in [-0.05, 0) is 5.56 Å². The SMILES string of the molecule is FC(F)(F)Cn1c(-c2ccccc2)cnc1SCc1ncc(-c2ccccc2)o1. The molecule has 148 valence electrons. The van der Waals surface area contributed by atoms with Crippen molar-refractivity contribution in [2.24, 2.45) is 0 Å². The first kappa shape index (κ1) is 19.3. The van der Waals surface area contributed by atoms with Gasteiger partial charge in [-0.2, -0.15) is 13.2 Å². The van der Waals surface area contributed by atoms with Crippen molar-refractivity contribution < 1.29 is 17.6 Å². The molecule has 2 heterocycles. The molecule has 2 aromatic carbocycles. The molecule has 8 heteroatoms. The van der Waals surface area contributed by atoms with Gasteiger partial charge in [-0.3, -0.25) is 0 Å². The fourth-order valence-corrected chi connectivity index (χ4v) is 3.72. The van der Waals surface area contributed by atoms with Gasteiger partial charge in [-0.1, -0.05) is 72.4 Å². The third-order valence-corrected chi connectivity index (χ3v) is 5.14. The number of oxazole rings is 1. The molecule has 2 aromatic heterocycles. The van der Waals surface area contributed by atoms with Crippen LogP contribution in [-0.4, -0.2) is 20.7 Å². The van der Waals surface area contributed by atoms with Crippen LogP contribution in [0.2, 0.25) is 0 Å². The summed E-state index contributed by atoms with van der Waals surface area (Å²) in [6.45, 7) is -1.11. The number of hydrogen-bond donors (Lipinski definition) is 0. The standard InChI is InChI=1S/C21H16F3N3OS/c22-21(23,24)14-27-17(15-7-3-1-4-8-15)11-26-20(27)29-13-19-25-12-18(28-19)16-9-5-2-6-10-16/h1-12H,13-14H2. The van der Waals surface area contributed by atoms with Crippen molar-refractivity contribution >= 4 is 11.8 Å². The monoisotopic (exact) mass is 415 g/mol. The molecule has 0 atom stereocenters. The van der Waals surface area contributed by atoms with Gasteiger partial charge in [0.05, 0.1) is 23.8 Å². The Morgan fingerprint density at radius 3 is 2.17 bits per heavy atom. The van der Waals surface area contributed by atoms with Gasteiger partial charge in [0.15, 0.2) is 10.9 Å². The van der Waals surface area contributed by atoms with Crippen LogP contribution in [0.3, 0.4) is 0 Å². The number of aromatic nitrogens is 3. The number of halogens is 3. The van der Waals surface area contributed by atoms with Gasteiger partial charge >= 0.3 is 6.18 Å². The van der Waals surface area contributed by atoms with Crippen LogP contribution >= 0.6 is 11.8 Å². The molecule has 0 saturated heterocycles. The van der Waals surface area contributed by atoms with E-state index in [0.717, 1.165) is 17.3 Å². The summed E-state index contributed by atoms with van der Waals surface area (Å²) in [6.07, 6.45) is -1.28. The lowest BCUT2D eigenvalue weighted by Crippen LogP contribution is -2.19. The largest absolute Gasteiger partial charge is 0.440 e. The second-order valence-electron chi connectivity index (χ2n) is 6.27. The number of nitrogens with zero attached hydrogens (tertiary/aromatic N) is 3. The number of imidazole rings is 1. The van der Waals surface area contributed by atoms with Crippen molar-refractivity contribution in [3.63, 3.8) is 0 Å². The molecule has 0 saturated carbocycles. The van der Waals surface area contributed by atoms with E-state index < -0.39 is 12.7 Å². The Hall–Kier alpha value is -3.00. The molecule has 0 unspecified atom stereocenters. The highest BCUT2D eigenvalue weighted by atomic mass is 32.2. The van der Waals surface area contributed by atoms with Crippen LogP contribution in [0.5, 0.6) is 0 Å². The number of thioether (sulfide) groups is 1. The van der Waals surface area contributed by atoms with Crippen LogP contribution in [-0.2, 0) is 12.3 Å². The molecule has 0 aliphatic carbocycles. The maximum Gasteiger partial charge on any atom is 0.406 e. The van der Waals surface area contributed by atoms with Gasteiger partial charge in [0.2, 0.25) is 5.89 Å². The lowest BCUT2D eigenvalue weighted by atomic mass is 10.2. The summed E-state index contributed by atoms with van der Waals surface area (Å²) in [6, 6.07) is 18.4. The molecule has 29 heavy (non-hydrogen) atoms. The minimum absolute atomic E-state index is 0.264. The van der Waals surface area contributed by atoms with Gasteiger partial charge in [0.25, 0.3) is 0 Å². The van der Waals surface area contributed by atoms with Crippen molar-refractivity contribution in [2.75, 3.05) is 0 Å². The third-order valence-electron chi connectivity index (χ3n) is 4.16. The highest BCUT2D eigenvalue weighted by molar-refractivity contribution is 7.98. The molecule has 0 aliphatic heterocycles. The highest BCUT2D eigenvalue weighted by Crippen LogP contribution is 2.32. The van der Waals surface area contributed by atoms with Gasteiger partial charge in [-0.15, -0.1) is 0 Å². The Morgan fingerprint density at radius 2 is 1.52 bits per heavy atom. The smallest absolute Gasteiger partial charge is 0.406 e. The minimum Gasteiger partial charge on any atom is -0.440 e. The minimum atomic E-state index is -4.36. The zero-order valence-corrected chi connectivity index (χ0v) is 16.0. The molecule has 0 N–H and O–H groups in total. The molecule has 0 fully saturated rings. The Morgan fingerprint density at radius 1 is 0.862 bits per heavy atom. The first-order chi connectivity index (χ1) is 14.0. The predicted molar refractivity (Wildman–Crippen MR) is 105 cm³/mol. The average molecular weight is 415 g/mol. The summed E-state index contributed by atoms with van der Waals surface area (Å²) in [7, 11) is 0. The van der Waals surface area contributed by atoms with Gasteiger partial charge in [-0.25, -0.2) is 9.97 Å².